The molecule has 3 aromatic heterocycles. The number of amides is 4. The lowest BCUT2D eigenvalue weighted by Gasteiger charge is -2.36. The van der Waals surface area contributed by atoms with Gasteiger partial charge in [0.05, 0.1) is 31.2 Å². The van der Waals surface area contributed by atoms with Crippen molar-refractivity contribution < 1.29 is 51.3 Å². The first-order valence-corrected chi connectivity index (χ1v) is 28.7. The summed E-state index contributed by atoms with van der Waals surface area (Å²) in [6.07, 6.45) is 0.887. The monoisotopic (exact) mass is 1130 g/mol. The van der Waals surface area contributed by atoms with E-state index in [0.717, 1.165) is 41.8 Å². The van der Waals surface area contributed by atoms with Crippen molar-refractivity contribution in [3.05, 3.63) is 53.4 Å². The molecule has 5 atom stereocenters. The summed E-state index contributed by atoms with van der Waals surface area (Å²) in [4.78, 5) is 87.0. The molecule has 77 heavy (non-hydrogen) atoms. The molecule has 426 valence electrons. The van der Waals surface area contributed by atoms with Crippen LogP contribution in [0.5, 0.6) is 11.6 Å². The van der Waals surface area contributed by atoms with Crippen molar-refractivity contribution in [1.82, 2.24) is 35.2 Å². The van der Waals surface area contributed by atoms with E-state index < -0.39 is 79.7 Å². The lowest BCUT2D eigenvalue weighted by Crippen LogP contribution is -2.60. The number of carbonyl (C=O) groups excluding carboxylic acids is 5. The summed E-state index contributed by atoms with van der Waals surface area (Å²) in [5, 5.41) is 11.7. The van der Waals surface area contributed by atoms with Gasteiger partial charge in [0, 0.05) is 54.7 Å². The van der Waals surface area contributed by atoms with Crippen LogP contribution in [0.15, 0.2) is 47.7 Å². The first-order valence-electron chi connectivity index (χ1n) is 25.4. The average molecular weight is 1130 g/mol. The number of hydrogen-bond donors (Lipinski definition) is 3. The first-order chi connectivity index (χ1) is 35.3. The second-order valence-corrected chi connectivity index (χ2v) is 24.2. The Morgan fingerprint density at radius 3 is 2.06 bits per heavy atom. The number of aromatic nitrogens is 3. The van der Waals surface area contributed by atoms with Gasteiger partial charge in [0.25, 0.3) is 5.91 Å². The number of nitrogens with zero attached hydrogens (tertiary/aromatic N) is 6. The van der Waals surface area contributed by atoms with Crippen LogP contribution < -0.4 is 34.6 Å². The molecule has 0 radical (unpaired) electrons. The molecule has 1 unspecified atom stereocenters. The molecule has 0 spiro atoms. The molecule has 4 heterocycles. The SMILES string of the molecule is C.C.C=CC1C[C@]1(NC(=O)[C@@H]1C[C@@H](Oc2nc(-c3csc(N(CC)CC)n3)cc3cc(OC)ccc23)CN1C(=O)[C@@H](NC(=O)OC(C)(C)C)C(C)(C)C)C(=O)NS(=O)(=O)C1CC1.CCOC(=O)c1csc(N(CC)CC)n1. The molecule has 0 bridgehead atoms. The summed E-state index contributed by atoms with van der Waals surface area (Å²) in [5.41, 5.74) is -1.68. The molecule has 3 fully saturated rings. The van der Waals surface area contributed by atoms with E-state index >= 15 is 0 Å². The molecule has 4 amide bonds. The number of hydrogen-bond acceptors (Lipinski definition) is 18. The number of benzene rings is 1. The number of alkyl carbamates (subject to hydrolysis) is 1. The van der Waals surface area contributed by atoms with Crippen molar-refractivity contribution in [3.63, 3.8) is 0 Å². The summed E-state index contributed by atoms with van der Waals surface area (Å²) in [7, 11) is -2.35. The standard InChI is InChI=1S/C42H57N7O9S2.C10H16N2O2S.2CH4/c1-11-25-21-42(25,37(52)47-60(54,55)28-15-16-28)46-34(50)32-20-27(22-49(32)36(51)33(40(4,5)6)45-39(53)58-41(7,8)9)57-35-29-17-14-26(56-10)18-24(29)19-30(43-35)31-23-59-38(44-31)48(12-2)13-3;1-4-12(5-2)10-11-8(7-15-10)9(13)14-6-3;;/h11,14,17-19,23,25,27-28,32-33H,1,12-13,15-16,20-22H2,2-10H3,(H,45,53)(H,46,50)(H,47,52);7H,4-6H2,1-3H3;2*1H4/t25?,27-,32+,33-,42-;;;/m1.../s1. The first kappa shape index (κ1) is 63.5. The van der Waals surface area contributed by atoms with E-state index in [4.69, 9.17) is 28.9 Å². The van der Waals surface area contributed by atoms with Crippen LogP contribution in [-0.4, -0.2) is 139 Å². The summed E-state index contributed by atoms with van der Waals surface area (Å²) >= 11 is 2.98. The Morgan fingerprint density at radius 1 is 0.896 bits per heavy atom. The molecule has 4 aromatic rings. The molecule has 23 heteroatoms. The predicted octanol–water partition coefficient (Wildman–Crippen LogP) is 8.61. The van der Waals surface area contributed by atoms with Gasteiger partial charge in [-0.25, -0.2) is 33.0 Å². The third-order valence-electron chi connectivity index (χ3n) is 13.0. The number of methoxy groups -OCH3 is 1. The van der Waals surface area contributed by atoms with E-state index in [-0.39, 0.29) is 46.1 Å². The highest BCUT2D eigenvalue weighted by atomic mass is 32.2. The Bertz CT molecular complexity index is 2830. The van der Waals surface area contributed by atoms with Crippen molar-refractivity contribution >= 4 is 83.5 Å². The minimum atomic E-state index is -3.93. The van der Waals surface area contributed by atoms with Crippen LogP contribution in [-0.2, 0) is 33.9 Å². The van der Waals surface area contributed by atoms with Crippen LogP contribution in [0.2, 0.25) is 0 Å². The minimum Gasteiger partial charge on any atom is -0.497 e. The molecule has 1 saturated heterocycles. The number of sulfonamides is 1. The fourth-order valence-corrected chi connectivity index (χ4v) is 11.8. The Balaban J connectivity index is 0.000000650. The second-order valence-electron chi connectivity index (χ2n) is 20.6. The molecular weight excluding hydrogens is 1050 g/mol. The maximum absolute atomic E-state index is 14.7. The van der Waals surface area contributed by atoms with E-state index in [0.29, 0.717) is 47.7 Å². The van der Waals surface area contributed by atoms with Gasteiger partial charge in [0.15, 0.2) is 16.0 Å². The summed E-state index contributed by atoms with van der Waals surface area (Å²) < 4.78 is 50.4. The third kappa shape index (κ3) is 15.4. The van der Waals surface area contributed by atoms with E-state index in [1.807, 2.05) is 23.6 Å². The summed E-state index contributed by atoms with van der Waals surface area (Å²) in [6.45, 7) is 28.0. The van der Waals surface area contributed by atoms with E-state index in [9.17, 15) is 32.4 Å². The van der Waals surface area contributed by atoms with Gasteiger partial charge in [0.1, 0.15) is 40.8 Å². The van der Waals surface area contributed by atoms with Crippen LogP contribution >= 0.6 is 22.7 Å². The van der Waals surface area contributed by atoms with E-state index in [1.165, 1.54) is 33.6 Å². The Kier molecular flexibility index (Phi) is 21.5. The Labute approximate surface area is 463 Å². The van der Waals surface area contributed by atoms with Crippen LogP contribution in [0.25, 0.3) is 22.2 Å². The molecule has 1 aromatic carbocycles. The number of likely N-dealkylation sites (tertiary alicyclic amines) is 1. The Morgan fingerprint density at radius 2 is 1.52 bits per heavy atom. The minimum absolute atomic E-state index is 0. The fraction of sp³-hybridized carbons (Fsp3) is 0.593. The van der Waals surface area contributed by atoms with Crippen molar-refractivity contribution in [3.8, 4) is 23.0 Å². The summed E-state index contributed by atoms with van der Waals surface area (Å²) in [6, 6.07) is 5.03. The van der Waals surface area contributed by atoms with Gasteiger partial charge in [-0.2, -0.15) is 0 Å². The normalized spacial score (nSPS) is 19.2. The van der Waals surface area contributed by atoms with Crippen molar-refractivity contribution in [2.24, 2.45) is 11.3 Å². The molecule has 7 rings (SSSR count). The number of rotatable bonds is 20. The Hall–Kier alpha value is -6.07. The van der Waals surface area contributed by atoms with Crippen LogP contribution in [0.3, 0.4) is 0 Å². The van der Waals surface area contributed by atoms with Gasteiger partial charge in [-0.05, 0) is 110 Å². The number of pyridine rings is 1. The molecule has 20 nitrogen and oxygen atoms in total. The summed E-state index contributed by atoms with van der Waals surface area (Å²) in [5.74, 6) is -2.15. The van der Waals surface area contributed by atoms with Crippen LogP contribution in [0.1, 0.15) is 127 Å². The fourth-order valence-electron chi connectivity index (χ4n) is 8.57. The quantitative estimate of drug-likeness (QED) is 0.0554. The van der Waals surface area contributed by atoms with E-state index in [1.54, 1.807) is 67.0 Å². The molecule has 3 N–H and O–H groups in total. The topological polar surface area (TPSA) is 241 Å². The maximum Gasteiger partial charge on any atom is 0.408 e. The number of ether oxygens (including phenoxy) is 4. The number of anilines is 2. The number of carbonyl (C=O) groups is 5. The van der Waals surface area contributed by atoms with Gasteiger partial charge in [-0.1, -0.05) is 41.7 Å². The highest BCUT2D eigenvalue weighted by molar-refractivity contribution is 7.91. The zero-order valence-electron chi connectivity index (χ0n) is 45.1. The number of esters is 1. The number of thiazole rings is 2. The van der Waals surface area contributed by atoms with Crippen molar-refractivity contribution in [2.75, 3.05) is 56.2 Å². The zero-order valence-corrected chi connectivity index (χ0v) is 47.6. The highest BCUT2D eigenvalue weighted by Gasteiger charge is 2.62. The van der Waals surface area contributed by atoms with Crippen LogP contribution in [0.4, 0.5) is 15.1 Å². The van der Waals surface area contributed by atoms with Crippen molar-refractivity contribution in [2.45, 2.75) is 151 Å². The third-order valence-corrected chi connectivity index (χ3v) is 16.6. The highest BCUT2D eigenvalue weighted by Crippen LogP contribution is 2.46. The smallest absolute Gasteiger partial charge is 0.408 e. The predicted molar refractivity (Wildman–Crippen MR) is 304 cm³/mol. The second kappa shape index (κ2) is 26.1. The molecule has 2 saturated carbocycles. The molecule has 1 aliphatic heterocycles. The average Bonchev–Trinajstić information content (AvgIpc) is 4.14. The number of fused-ring (bicyclic) bond motifs is 1. The lowest BCUT2D eigenvalue weighted by molar-refractivity contribution is -0.143. The lowest BCUT2D eigenvalue weighted by atomic mass is 9.85. The molecule has 3 aliphatic rings. The van der Waals surface area contributed by atoms with E-state index in [2.05, 4.69) is 64.4 Å². The largest absolute Gasteiger partial charge is 0.497 e. The van der Waals surface area contributed by atoms with Gasteiger partial charge >= 0.3 is 12.1 Å². The zero-order chi connectivity index (χ0) is 55.2. The van der Waals surface area contributed by atoms with Gasteiger partial charge in [0.2, 0.25) is 27.7 Å². The maximum atomic E-state index is 14.7. The van der Waals surface area contributed by atoms with Gasteiger partial charge in [-0.15, -0.1) is 29.3 Å². The number of nitrogens with one attached hydrogen (secondary N) is 3. The molecule has 2 aliphatic carbocycles. The van der Waals surface area contributed by atoms with Crippen molar-refractivity contribution in [1.29, 1.82) is 0 Å². The van der Waals surface area contributed by atoms with Gasteiger partial charge < -0.3 is 44.3 Å². The molecular formula is C54H81N9O11S3. The van der Waals surface area contributed by atoms with Crippen LogP contribution in [0, 0.1) is 11.3 Å². The van der Waals surface area contributed by atoms with Gasteiger partial charge in [-0.3, -0.25) is 19.1 Å².